The molecule has 2 heterocycles. The zero-order valence-electron chi connectivity index (χ0n) is 19.0. The van der Waals surface area contributed by atoms with Gasteiger partial charge in [-0.25, -0.2) is 0 Å². The molecular weight excluding hydrogens is 400 g/mol. The van der Waals surface area contributed by atoms with E-state index in [-0.39, 0.29) is 17.7 Å². The van der Waals surface area contributed by atoms with Crippen LogP contribution in [0, 0.1) is 12.8 Å². The molecule has 2 N–H and O–H groups in total. The molecule has 6 nitrogen and oxygen atoms in total. The summed E-state index contributed by atoms with van der Waals surface area (Å²) in [5.74, 6) is 0.271. The Morgan fingerprint density at radius 1 is 1.03 bits per heavy atom. The third-order valence-corrected chi connectivity index (χ3v) is 6.66. The molecule has 2 aliphatic rings. The molecule has 0 bridgehead atoms. The lowest BCUT2D eigenvalue weighted by Crippen LogP contribution is -2.44. The number of likely N-dealkylation sites (tertiary alicyclic amines) is 1. The maximum atomic E-state index is 12.6. The number of benzene rings is 1. The van der Waals surface area contributed by atoms with E-state index in [1.807, 2.05) is 25.1 Å². The van der Waals surface area contributed by atoms with Crippen molar-refractivity contribution >= 4 is 17.5 Å². The minimum atomic E-state index is -0.127. The Bertz CT molecular complexity index is 931. The molecule has 2 aromatic rings. The van der Waals surface area contributed by atoms with Gasteiger partial charge in [0.1, 0.15) is 0 Å². The van der Waals surface area contributed by atoms with Gasteiger partial charge >= 0.3 is 0 Å². The fourth-order valence-corrected chi connectivity index (χ4v) is 4.81. The Hall–Kier alpha value is -2.73. The molecule has 1 aliphatic carbocycles. The van der Waals surface area contributed by atoms with Crippen molar-refractivity contribution in [1.82, 2.24) is 15.2 Å². The van der Waals surface area contributed by atoms with E-state index in [1.165, 1.54) is 24.8 Å². The molecule has 4 rings (SSSR count). The first-order valence-corrected chi connectivity index (χ1v) is 11.9. The molecule has 0 atom stereocenters. The molecule has 1 saturated carbocycles. The van der Waals surface area contributed by atoms with Crippen LogP contribution in [0.2, 0.25) is 0 Å². The van der Waals surface area contributed by atoms with Gasteiger partial charge in [0, 0.05) is 41.6 Å². The first-order chi connectivity index (χ1) is 15.6. The number of aromatic nitrogens is 1. The second-order valence-electron chi connectivity index (χ2n) is 9.23. The second-order valence-corrected chi connectivity index (χ2v) is 9.23. The third-order valence-electron chi connectivity index (χ3n) is 6.66. The highest BCUT2D eigenvalue weighted by atomic mass is 16.2. The zero-order valence-corrected chi connectivity index (χ0v) is 19.0. The summed E-state index contributed by atoms with van der Waals surface area (Å²) in [6, 6.07) is 11.9. The molecule has 0 unspecified atom stereocenters. The van der Waals surface area contributed by atoms with Gasteiger partial charge < -0.3 is 10.6 Å². The van der Waals surface area contributed by atoms with Crippen LogP contribution in [0.25, 0.3) is 0 Å². The highest BCUT2D eigenvalue weighted by Gasteiger charge is 2.27. The normalized spacial score (nSPS) is 18.3. The van der Waals surface area contributed by atoms with Crippen LogP contribution >= 0.6 is 0 Å². The summed E-state index contributed by atoms with van der Waals surface area (Å²) in [4.78, 5) is 31.7. The van der Waals surface area contributed by atoms with Gasteiger partial charge in [-0.1, -0.05) is 31.4 Å². The first kappa shape index (κ1) is 22.5. The maximum absolute atomic E-state index is 12.6. The summed E-state index contributed by atoms with van der Waals surface area (Å²) in [5, 5.41) is 6.28. The van der Waals surface area contributed by atoms with Gasteiger partial charge in [0.15, 0.2) is 0 Å². The maximum Gasteiger partial charge on any atom is 0.255 e. The van der Waals surface area contributed by atoms with E-state index in [9.17, 15) is 9.59 Å². The van der Waals surface area contributed by atoms with Gasteiger partial charge in [0.25, 0.3) is 5.91 Å². The summed E-state index contributed by atoms with van der Waals surface area (Å²) in [6.45, 7) is 4.56. The molecular formula is C26H34N4O2. The zero-order chi connectivity index (χ0) is 22.3. The van der Waals surface area contributed by atoms with Crippen LogP contribution in [0.3, 0.4) is 0 Å². The number of nitrogens with one attached hydrogen (secondary N) is 2. The summed E-state index contributed by atoms with van der Waals surface area (Å²) < 4.78 is 0. The molecule has 1 saturated heterocycles. The Labute approximate surface area is 190 Å². The number of amides is 2. The summed E-state index contributed by atoms with van der Waals surface area (Å²) >= 11 is 0. The number of carbonyl (C=O) groups excluding carboxylic acids is 2. The lowest BCUT2D eigenvalue weighted by molar-refractivity contribution is -0.127. The number of hydrogen-bond donors (Lipinski definition) is 2. The topological polar surface area (TPSA) is 74.3 Å². The van der Waals surface area contributed by atoms with E-state index >= 15 is 0 Å². The highest BCUT2D eigenvalue weighted by molar-refractivity contribution is 6.04. The average Bonchev–Trinajstić information content (AvgIpc) is 2.80. The quantitative estimate of drug-likeness (QED) is 0.711. The number of pyridine rings is 1. The van der Waals surface area contributed by atoms with Crippen molar-refractivity contribution in [2.75, 3.05) is 18.4 Å². The predicted molar refractivity (Wildman–Crippen MR) is 126 cm³/mol. The van der Waals surface area contributed by atoms with Crippen molar-refractivity contribution in [3.8, 4) is 0 Å². The number of aryl methyl sites for hydroxylation is 1. The fourth-order valence-electron chi connectivity index (χ4n) is 4.81. The lowest BCUT2D eigenvalue weighted by atomic mass is 9.92. The van der Waals surface area contributed by atoms with Crippen molar-refractivity contribution in [2.45, 2.75) is 64.5 Å². The Morgan fingerprint density at radius 2 is 1.81 bits per heavy atom. The minimum absolute atomic E-state index is 0.127. The van der Waals surface area contributed by atoms with Gasteiger partial charge in [-0.2, -0.15) is 0 Å². The smallest absolute Gasteiger partial charge is 0.255 e. The summed E-state index contributed by atoms with van der Waals surface area (Å²) in [7, 11) is 0. The van der Waals surface area contributed by atoms with Crippen LogP contribution in [0.15, 0.2) is 42.6 Å². The minimum Gasteiger partial charge on any atom is -0.353 e. The van der Waals surface area contributed by atoms with Crippen molar-refractivity contribution in [3.63, 3.8) is 0 Å². The molecule has 2 fully saturated rings. The van der Waals surface area contributed by atoms with Crippen molar-refractivity contribution < 1.29 is 9.59 Å². The number of piperidine rings is 1. The standard InChI is InChI=1S/C26H34N4O2/c1-19-16-22(10-13-27-19)26(32)29-24-9-5-6-20(17-24)18-30-14-11-21(12-15-30)25(31)28-23-7-3-2-4-8-23/h5-6,9-10,13,16-17,21,23H,2-4,7-8,11-12,14-15,18H2,1H3,(H,28,31)(H,29,32). The summed E-state index contributed by atoms with van der Waals surface area (Å²) in [6.07, 6.45) is 9.54. The van der Waals surface area contributed by atoms with E-state index in [4.69, 9.17) is 0 Å². The number of rotatable bonds is 6. The van der Waals surface area contributed by atoms with E-state index < -0.39 is 0 Å². The van der Waals surface area contributed by atoms with Crippen molar-refractivity contribution in [1.29, 1.82) is 0 Å². The van der Waals surface area contributed by atoms with Gasteiger partial charge in [-0.15, -0.1) is 0 Å². The van der Waals surface area contributed by atoms with E-state index in [0.717, 1.165) is 56.7 Å². The second kappa shape index (κ2) is 10.7. The van der Waals surface area contributed by atoms with Gasteiger partial charge in [0.2, 0.25) is 5.91 Å². The first-order valence-electron chi connectivity index (χ1n) is 11.9. The summed E-state index contributed by atoms with van der Waals surface area (Å²) in [5.41, 5.74) is 3.39. The number of carbonyl (C=O) groups is 2. The molecule has 1 aromatic heterocycles. The van der Waals surface area contributed by atoms with Gasteiger partial charge in [0.05, 0.1) is 0 Å². The monoisotopic (exact) mass is 434 g/mol. The van der Waals surface area contributed by atoms with Crippen LogP contribution in [0.4, 0.5) is 5.69 Å². The fraction of sp³-hybridized carbons (Fsp3) is 0.500. The molecule has 2 amide bonds. The van der Waals surface area contributed by atoms with E-state index in [2.05, 4.69) is 26.6 Å². The van der Waals surface area contributed by atoms with Gasteiger partial charge in [-0.05, 0) is 75.5 Å². The highest BCUT2D eigenvalue weighted by Crippen LogP contribution is 2.23. The SMILES string of the molecule is Cc1cc(C(=O)Nc2cccc(CN3CCC(C(=O)NC4CCCCC4)CC3)c2)ccn1. The Balaban J connectivity index is 1.26. The molecule has 32 heavy (non-hydrogen) atoms. The van der Waals surface area contributed by atoms with E-state index in [0.29, 0.717) is 11.6 Å². The molecule has 170 valence electrons. The van der Waals surface area contributed by atoms with Crippen LogP contribution in [-0.4, -0.2) is 40.8 Å². The van der Waals surface area contributed by atoms with Crippen LogP contribution < -0.4 is 10.6 Å². The molecule has 6 heteroatoms. The van der Waals surface area contributed by atoms with Crippen LogP contribution in [0.5, 0.6) is 0 Å². The number of hydrogen-bond acceptors (Lipinski definition) is 4. The molecule has 1 aliphatic heterocycles. The average molecular weight is 435 g/mol. The molecule has 1 aromatic carbocycles. The van der Waals surface area contributed by atoms with Crippen LogP contribution in [0.1, 0.15) is 66.6 Å². The lowest BCUT2D eigenvalue weighted by Gasteiger charge is -2.32. The molecule has 0 spiro atoms. The van der Waals surface area contributed by atoms with Gasteiger partial charge in [-0.3, -0.25) is 19.5 Å². The Morgan fingerprint density at radius 3 is 2.56 bits per heavy atom. The predicted octanol–water partition coefficient (Wildman–Crippen LogP) is 4.30. The largest absolute Gasteiger partial charge is 0.353 e. The number of anilines is 1. The van der Waals surface area contributed by atoms with Crippen molar-refractivity contribution in [2.24, 2.45) is 5.92 Å². The van der Waals surface area contributed by atoms with Crippen molar-refractivity contribution in [3.05, 3.63) is 59.4 Å². The van der Waals surface area contributed by atoms with E-state index in [1.54, 1.807) is 18.3 Å². The molecule has 0 radical (unpaired) electrons. The number of nitrogens with zero attached hydrogens (tertiary/aromatic N) is 2. The Kier molecular flexibility index (Phi) is 7.53. The van der Waals surface area contributed by atoms with Crippen LogP contribution in [-0.2, 0) is 11.3 Å². The third kappa shape index (κ3) is 6.16.